The van der Waals surface area contributed by atoms with Crippen LogP contribution in [0.4, 0.5) is 0 Å². The molecule has 2 aromatic rings. The SMILES string of the molecule is Cc1ccc(C(=O)N2CCN(C(=O)c3ccc(Cl)cc3Cl)CC2)cc1C. The third-order valence-corrected chi connectivity index (χ3v) is 5.32. The van der Waals surface area contributed by atoms with Crippen molar-refractivity contribution in [3.05, 3.63) is 68.7 Å². The molecule has 2 aromatic carbocycles. The van der Waals surface area contributed by atoms with Crippen LogP contribution in [0.2, 0.25) is 10.0 Å². The molecule has 26 heavy (non-hydrogen) atoms. The topological polar surface area (TPSA) is 40.6 Å². The van der Waals surface area contributed by atoms with Gasteiger partial charge in [-0.05, 0) is 55.3 Å². The minimum Gasteiger partial charge on any atom is -0.335 e. The molecular weight excluding hydrogens is 371 g/mol. The predicted molar refractivity (Wildman–Crippen MR) is 104 cm³/mol. The first-order chi connectivity index (χ1) is 12.4. The molecule has 4 nitrogen and oxygen atoms in total. The summed E-state index contributed by atoms with van der Waals surface area (Å²) in [5, 5.41) is 0.839. The Hall–Kier alpha value is -2.04. The van der Waals surface area contributed by atoms with E-state index in [0.29, 0.717) is 47.4 Å². The Morgan fingerprint density at radius 2 is 1.42 bits per heavy atom. The lowest BCUT2D eigenvalue weighted by Crippen LogP contribution is -2.50. The van der Waals surface area contributed by atoms with Crippen molar-refractivity contribution in [3.63, 3.8) is 0 Å². The number of benzene rings is 2. The van der Waals surface area contributed by atoms with E-state index in [4.69, 9.17) is 23.2 Å². The van der Waals surface area contributed by atoms with Crippen LogP contribution in [-0.2, 0) is 0 Å². The van der Waals surface area contributed by atoms with Crippen LogP contribution in [0.3, 0.4) is 0 Å². The van der Waals surface area contributed by atoms with Gasteiger partial charge in [-0.3, -0.25) is 9.59 Å². The van der Waals surface area contributed by atoms with E-state index in [0.717, 1.165) is 11.1 Å². The maximum Gasteiger partial charge on any atom is 0.255 e. The molecule has 0 N–H and O–H groups in total. The fraction of sp³-hybridized carbons (Fsp3) is 0.300. The van der Waals surface area contributed by atoms with Gasteiger partial charge in [-0.25, -0.2) is 0 Å². The zero-order valence-corrected chi connectivity index (χ0v) is 16.3. The Kier molecular flexibility index (Phi) is 5.54. The smallest absolute Gasteiger partial charge is 0.255 e. The Morgan fingerprint density at radius 1 is 0.808 bits per heavy atom. The van der Waals surface area contributed by atoms with Crippen molar-refractivity contribution in [1.82, 2.24) is 9.80 Å². The van der Waals surface area contributed by atoms with Crippen LogP contribution < -0.4 is 0 Å². The quantitative estimate of drug-likeness (QED) is 0.770. The lowest BCUT2D eigenvalue weighted by atomic mass is 10.1. The van der Waals surface area contributed by atoms with Crippen LogP contribution in [0.1, 0.15) is 31.8 Å². The van der Waals surface area contributed by atoms with Crippen molar-refractivity contribution >= 4 is 35.0 Å². The summed E-state index contributed by atoms with van der Waals surface area (Å²) in [6, 6.07) is 10.6. The Labute approximate surface area is 163 Å². The zero-order chi connectivity index (χ0) is 18.8. The van der Waals surface area contributed by atoms with E-state index < -0.39 is 0 Å². The van der Waals surface area contributed by atoms with Crippen molar-refractivity contribution in [2.24, 2.45) is 0 Å². The summed E-state index contributed by atoms with van der Waals surface area (Å²) < 4.78 is 0. The van der Waals surface area contributed by atoms with Crippen molar-refractivity contribution in [2.45, 2.75) is 13.8 Å². The molecule has 1 aliphatic rings. The van der Waals surface area contributed by atoms with Gasteiger partial charge in [0.25, 0.3) is 11.8 Å². The summed E-state index contributed by atoms with van der Waals surface area (Å²) in [6.07, 6.45) is 0. The highest BCUT2D eigenvalue weighted by molar-refractivity contribution is 6.36. The number of carbonyl (C=O) groups excluding carboxylic acids is 2. The van der Waals surface area contributed by atoms with Gasteiger partial charge in [-0.15, -0.1) is 0 Å². The van der Waals surface area contributed by atoms with E-state index in [-0.39, 0.29) is 11.8 Å². The molecule has 1 heterocycles. The van der Waals surface area contributed by atoms with Crippen LogP contribution in [-0.4, -0.2) is 47.8 Å². The first kappa shape index (κ1) is 18.7. The molecule has 0 unspecified atom stereocenters. The van der Waals surface area contributed by atoms with E-state index in [9.17, 15) is 9.59 Å². The van der Waals surface area contributed by atoms with E-state index in [1.807, 2.05) is 32.0 Å². The number of aryl methyl sites for hydroxylation is 2. The molecule has 2 amide bonds. The highest BCUT2D eigenvalue weighted by atomic mass is 35.5. The molecule has 0 bridgehead atoms. The van der Waals surface area contributed by atoms with Crippen molar-refractivity contribution in [1.29, 1.82) is 0 Å². The van der Waals surface area contributed by atoms with E-state index in [1.165, 1.54) is 0 Å². The minimum atomic E-state index is -0.134. The highest BCUT2D eigenvalue weighted by Gasteiger charge is 2.26. The molecule has 0 spiro atoms. The first-order valence-electron chi connectivity index (χ1n) is 8.47. The second-order valence-corrected chi connectivity index (χ2v) is 7.35. The van der Waals surface area contributed by atoms with Crippen molar-refractivity contribution in [3.8, 4) is 0 Å². The van der Waals surface area contributed by atoms with Gasteiger partial charge in [-0.1, -0.05) is 29.3 Å². The molecule has 3 rings (SSSR count). The van der Waals surface area contributed by atoms with Crippen LogP contribution in [0.25, 0.3) is 0 Å². The number of carbonyl (C=O) groups is 2. The Balaban J connectivity index is 1.66. The van der Waals surface area contributed by atoms with Crippen LogP contribution in [0.5, 0.6) is 0 Å². The van der Waals surface area contributed by atoms with Gasteiger partial charge in [0.2, 0.25) is 0 Å². The zero-order valence-electron chi connectivity index (χ0n) is 14.8. The Morgan fingerprint density at radius 3 is 2.00 bits per heavy atom. The number of nitrogens with zero attached hydrogens (tertiary/aromatic N) is 2. The summed E-state index contributed by atoms with van der Waals surface area (Å²) in [4.78, 5) is 28.9. The first-order valence-corrected chi connectivity index (χ1v) is 9.23. The molecule has 1 aliphatic heterocycles. The largest absolute Gasteiger partial charge is 0.335 e. The molecule has 0 aromatic heterocycles. The molecular formula is C20H20Cl2N2O2. The predicted octanol–water partition coefficient (Wildman–Crippen LogP) is 4.21. The standard InChI is InChI=1S/C20H20Cl2N2O2/c1-13-3-4-15(11-14(13)2)19(25)23-7-9-24(10-8-23)20(26)17-6-5-16(21)12-18(17)22/h3-6,11-12H,7-10H2,1-2H3. The van der Waals surface area contributed by atoms with Gasteiger partial charge in [0.15, 0.2) is 0 Å². The lowest BCUT2D eigenvalue weighted by molar-refractivity contribution is 0.0535. The molecule has 0 saturated carbocycles. The average Bonchev–Trinajstić information content (AvgIpc) is 2.63. The minimum absolute atomic E-state index is 0.00437. The number of amides is 2. The van der Waals surface area contributed by atoms with Gasteiger partial charge in [0.1, 0.15) is 0 Å². The van der Waals surface area contributed by atoms with Crippen LogP contribution in [0.15, 0.2) is 36.4 Å². The molecule has 1 saturated heterocycles. The molecule has 0 radical (unpaired) electrons. The highest BCUT2D eigenvalue weighted by Crippen LogP contribution is 2.23. The van der Waals surface area contributed by atoms with Crippen molar-refractivity contribution in [2.75, 3.05) is 26.2 Å². The van der Waals surface area contributed by atoms with E-state index >= 15 is 0 Å². The van der Waals surface area contributed by atoms with Gasteiger partial charge in [0.05, 0.1) is 10.6 Å². The van der Waals surface area contributed by atoms with E-state index in [1.54, 1.807) is 28.0 Å². The monoisotopic (exact) mass is 390 g/mol. The molecule has 6 heteroatoms. The molecule has 136 valence electrons. The molecule has 1 fully saturated rings. The maximum absolute atomic E-state index is 12.7. The average molecular weight is 391 g/mol. The number of rotatable bonds is 2. The number of hydrogen-bond acceptors (Lipinski definition) is 2. The van der Waals surface area contributed by atoms with Crippen molar-refractivity contribution < 1.29 is 9.59 Å². The third kappa shape index (κ3) is 3.87. The number of piperazine rings is 1. The fourth-order valence-corrected chi connectivity index (χ4v) is 3.49. The summed E-state index contributed by atoms with van der Waals surface area (Å²) in [5.74, 6) is -0.130. The number of halogens is 2. The summed E-state index contributed by atoms with van der Waals surface area (Å²) in [6.45, 7) is 5.99. The second kappa shape index (κ2) is 7.68. The molecule has 0 aliphatic carbocycles. The number of hydrogen-bond donors (Lipinski definition) is 0. The second-order valence-electron chi connectivity index (χ2n) is 6.51. The summed E-state index contributed by atoms with van der Waals surface area (Å²) in [5.41, 5.74) is 3.39. The Bertz CT molecular complexity index is 859. The summed E-state index contributed by atoms with van der Waals surface area (Å²) in [7, 11) is 0. The normalized spacial score (nSPS) is 14.5. The summed E-state index contributed by atoms with van der Waals surface area (Å²) >= 11 is 12.0. The fourth-order valence-electron chi connectivity index (χ4n) is 3.00. The van der Waals surface area contributed by atoms with Gasteiger partial charge < -0.3 is 9.80 Å². The van der Waals surface area contributed by atoms with Crippen LogP contribution >= 0.6 is 23.2 Å². The third-order valence-electron chi connectivity index (χ3n) is 4.77. The molecule has 0 atom stereocenters. The van der Waals surface area contributed by atoms with Gasteiger partial charge >= 0.3 is 0 Å². The van der Waals surface area contributed by atoms with Crippen LogP contribution in [0, 0.1) is 13.8 Å². The van der Waals surface area contributed by atoms with E-state index in [2.05, 4.69) is 0 Å². The maximum atomic E-state index is 12.7. The lowest BCUT2D eigenvalue weighted by Gasteiger charge is -2.35. The van der Waals surface area contributed by atoms with Gasteiger partial charge in [-0.2, -0.15) is 0 Å². The van der Waals surface area contributed by atoms with Gasteiger partial charge in [0, 0.05) is 36.8 Å².